The van der Waals surface area contributed by atoms with E-state index in [-0.39, 0.29) is 5.60 Å². The maximum Gasteiger partial charge on any atom is 0.237 e. The lowest BCUT2D eigenvalue weighted by molar-refractivity contribution is -0.122. The van der Waals surface area contributed by atoms with Gasteiger partial charge in [0.25, 0.3) is 0 Å². The van der Waals surface area contributed by atoms with E-state index in [4.69, 9.17) is 20.9 Å². The molecule has 0 aromatic carbocycles. The first-order valence-electron chi connectivity index (χ1n) is 5.93. The molecule has 0 aromatic heterocycles. The van der Waals surface area contributed by atoms with Gasteiger partial charge in [0.05, 0.1) is 11.1 Å². The van der Waals surface area contributed by atoms with E-state index in [1.165, 1.54) is 0 Å². The van der Waals surface area contributed by atoms with Gasteiger partial charge in [0.1, 0.15) is 0 Å². The van der Waals surface area contributed by atoms with Crippen molar-refractivity contribution in [1.29, 1.82) is 0 Å². The molecule has 0 rings (SSSR count). The molecule has 1 unspecified atom stereocenters. The standard InChI is InChI=1S/C12H26N2O3/c1-11(2,16-4)7-9-17-8-5-6-12(3,14)10(13)15/h5-9,14H2,1-4H3,(H2,13,15). The summed E-state index contributed by atoms with van der Waals surface area (Å²) in [6.07, 6.45) is 2.10. The predicted octanol–water partition coefficient (Wildman–Crippen LogP) is 0.801. The van der Waals surface area contributed by atoms with E-state index < -0.39 is 11.4 Å². The molecule has 0 aliphatic rings. The van der Waals surface area contributed by atoms with Gasteiger partial charge in [0, 0.05) is 20.3 Å². The summed E-state index contributed by atoms with van der Waals surface area (Å²) >= 11 is 0. The van der Waals surface area contributed by atoms with Crippen molar-refractivity contribution in [3.05, 3.63) is 0 Å². The third-order valence-corrected chi connectivity index (χ3v) is 2.95. The Morgan fingerprint density at radius 2 is 1.76 bits per heavy atom. The molecule has 102 valence electrons. The second kappa shape index (κ2) is 6.93. The first-order valence-corrected chi connectivity index (χ1v) is 5.93. The SMILES string of the molecule is COC(C)(C)CCOCCCC(C)(N)C(N)=O. The molecule has 0 aromatic rings. The van der Waals surface area contributed by atoms with E-state index in [0.717, 1.165) is 12.8 Å². The van der Waals surface area contributed by atoms with Crippen LogP contribution < -0.4 is 11.5 Å². The number of ether oxygens (including phenoxy) is 2. The molecule has 1 atom stereocenters. The minimum Gasteiger partial charge on any atom is -0.381 e. The molecular weight excluding hydrogens is 220 g/mol. The molecule has 1 amide bonds. The van der Waals surface area contributed by atoms with Crippen LogP contribution >= 0.6 is 0 Å². The number of primary amides is 1. The Morgan fingerprint density at radius 3 is 2.24 bits per heavy atom. The maximum absolute atomic E-state index is 11.0. The largest absolute Gasteiger partial charge is 0.381 e. The van der Waals surface area contributed by atoms with Crippen LogP contribution in [0.4, 0.5) is 0 Å². The molecule has 0 spiro atoms. The van der Waals surface area contributed by atoms with Crippen LogP contribution in [0.3, 0.4) is 0 Å². The van der Waals surface area contributed by atoms with Gasteiger partial charge in [-0.15, -0.1) is 0 Å². The minimum atomic E-state index is -0.935. The van der Waals surface area contributed by atoms with Crippen LogP contribution in [0.25, 0.3) is 0 Å². The summed E-state index contributed by atoms with van der Waals surface area (Å²) in [4.78, 5) is 11.0. The maximum atomic E-state index is 11.0. The number of hydrogen-bond donors (Lipinski definition) is 2. The smallest absolute Gasteiger partial charge is 0.237 e. The fourth-order valence-corrected chi connectivity index (χ4v) is 1.19. The van der Waals surface area contributed by atoms with Crippen molar-refractivity contribution in [2.24, 2.45) is 11.5 Å². The van der Waals surface area contributed by atoms with Crippen molar-refractivity contribution in [3.63, 3.8) is 0 Å². The number of methoxy groups -OCH3 is 1. The minimum absolute atomic E-state index is 0.157. The number of carbonyl (C=O) groups is 1. The normalized spacial score (nSPS) is 15.6. The highest BCUT2D eigenvalue weighted by Gasteiger charge is 2.24. The highest BCUT2D eigenvalue weighted by molar-refractivity contribution is 5.83. The van der Waals surface area contributed by atoms with E-state index >= 15 is 0 Å². The van der Waals surface area contributed by atoms with Crippen LogP contribution in [0.2, 0.25) is 0 Å². The van der Waals surface area contributed by atoms with Gasteiger partial charge in [0.15, 0.2) is 0 Å². The Labute approximate surface area is 104 Å². The van der Waals surface area contributed by atoms with Crippen LogP contribution in [0.5, 0.6) is 0 Å². The summed E-state index contributed by atoms with van der Waals surface area (Å²) in [7, 11) is 1.69. The zero-order valence-electron chi connectivity index (χ0n) is 11.4. The molecule has 0 radical (unpaired) electrons. The van der Waals surface area contributed by atoms with E-state index in [1.807, 2.05) is 13.8 Å². The Hall–Kier alpha value is -0.650. The average molecular weight is 246 g/mol. The molecule has 0 aliphatic heterocycles. The van der Waals surface area contributed by atoms with Crippen LogP contribution in [-0.2, 0) is 14.3 Å². The lowest BCUT2D eigenvalue weighted by atomic mass is 9.97. The van der Waals surface area contributed by atoms with E-state index in [2.05, 4.69) is 0 Å². The molecule has 0 saturated carbocycles. The van der Waals surface area contributed by atoms with Crippen molar-refractivity contribution in [2.75, 3.05) is 20.3 Å². The van der Waals surface area contributed by atoms with Gasteiger partial charge in [-0.1, -0.05) is 0 Å². The molecule has 17 heavy (non-hydrogen) atoms. The van der Waals surface area contributed by atoms with E-state index in [1.54, 1.807) is 14.0 Å². The third kappa shape index (κ3) is 7.31. The predicted molar refractivity (Wildman–Crippen MR) is 67.5 cm³/mol. The summed E-state index contributed by atoms with van der Waals surface area (Å²) in [6.45, 7) is 6.89. The summed E-state index contributed by atoms with van der Waals surface area (Å²) in [6, 6.07) is 0. The number of hydrogen-bond acceptors (Lipinski definition) is 4. The first kappa shape index (κ1) is 16.4. The van der Waals surface area contributed by atoms with Crippen LogP contribution in [0, 0.1) is 0 Å². The molecular formula is C12H26N2O3. The zero-order valence-corrected chi connectivity index (χ0v) is 11.4. The zero-order chi connectivity index (χ0) is 13.5. The van der Waals surface area contributed by atoms with Gasteiger partial charge >= 0.3 is 0 Å². The van der Waals surface area contributed by atoms with Gasteiger partial charge in [-0.2, -0.15) is 0 Å². The molecule has 4 N–H and O–H groups in total. The lowest BCUT2D eigenvalue weighted by Gasteiger charge is -2.23. The highest BCUT2D eigenvalue weighted by atomic mass is 16.5. The summed E-state index contributed by atoms with van der Waals surface area (Å²) in [5.74, 6) is -0.474. The number of nitrogens with two attached hydrogens (primary N) is 2. The molecule has 0 saturated heterocycles. The van der Waals surface area contributed by atoms with Gasteiger partial charge in [0.2, 0.25) is 5.91 Å². The van der Waals surface area contributed by atoms with Crippen LogP contribution in [-0.4, -0.2) is 37.4 Å². The lowest BCUT2D eigenvalue weighted by Crippen LogP contribution is -2.49. The molecule has 0 aliphatic carbocycles. The topological polar surface area (TPSA) is 87.6 Å². The van der Waals surface area contributed by atoms with Gasteiger partial charge < -0.3 is 20.9 Å². The molecule has 5 heteroatoms. The fraction of sp³-hybridized carbons (Fsp3) is 0.917. The highest BCUT2D eigenvalue weighted by Crippen LogP contribution is 2.13. The second-order valence-electron chi connectivity index (χ2n) is 5.21. The van der Waals surface area contributed by atoms with Crippen molar-refractivity contribution in [1.82, 2.24) is 0 Å². The molecule has 0 heterocycles. The van der Waals surface area contributed by atoms with Gasteiger partial charge in [-0.25, -0.2) is 0 Å². The van der Waals surface area contributed by atoms with Crippen molar-refractivity contribution < 1.29 is 14.3 Å². The van der Waals surface area contributed by atoms with E-state index in [0.29, 0.717) is 19.6 Å². The van der Waals surface area contributed by atoms with Gasteiger partial charge in [-0.05, 0) is 40.0 Å². The Balaban J connectivity index is 3.57. The van der Waals surface area contributed by atoms with Crippen LogP contribution in [0.1, 0.15) is 40.0 Å². The third-order valence-electron chi connectivity index (χ3n) is 2.95. The monoisotopic (exact) mass is 246 g/mol. The molecule has 5 nitrogen and oxygen atoms in total. The number of amides is 1. The van der Waals surface area contributed by atoms with E-state index in [9.17, 15) is 4.79 Å². The molecule has 0 fully saturated rings. The van der Waals surface area contributed by atoms with Crippen LogP contribution in [0.15, 0.2) is 0 Å². The summed E-state index contributed by atoms with van der Waals surface area (Å²) in [5, 5.41) is 0. The molecule has 0 bridgehead atoms. The Morgan fingerprint density at radius 1 is 1.18 bits per heavy atom. The van der Waals surface area contributed by atoms with Crippen molar-refractivity contribution >= 4 is 5.91 Å². The number of rotatable bonds is 9. The quantitative estimate of drug-likeness (QED) is 0.589. The first-order chi connectivity index (χ1) is 7.71. The Bertz CT molecular complexity index is 240. The average Bonchev–Trinajstić information content (AvgIpc) is 2.23. The Kier molecular flexibility index (Phi) is 6.67. The summed E-state index contributed by atoms with van der Waals surface area (Å²) < 4.78 is 10.7. The van der Waals surface area contributed by atoms with Gasteiger partial charge in [-0.3, -0.25) is 4.79 Å². The fourth-order valence-electron chi connectivity index (χ4n) is 1.19. The second-order valence-corrected chi connectivity index (χ2v) is 5.21. The van der Waals surface area contributed by atoms with Crippen molar-refractivity contribution in [3.8, 4) is 0 Å². The van der Waals surface area contributed by atoms with Crippen molar-refractivity contribution in [2.45, 2.75) is 51.2 Å². The number of carbonyl (C=O) groups excluding carboxylic acids is 1. The summed E-state index contributed by atoms with van der Waals surface area (Å²) in [5.41, 5.74) is 9.79.